The van der Waals surface area contributed by atoms with Crippen molar-refractivity contribution in [1.82, 2.24) is 9.55 Å². The molecule has 114 valence electrons. The zero-order valence-corrected chi connectivity index (χ0v) is 13.5. The van der Waals surface area contributed by atoms with E-state index in [2.05, 4.69) is 35.6 Å². The Morgan fingerprint density at radius 2 is 2.19 bits per heavy atom. The van der Waals surface area contributed by atoms with E-state index < -0.39 is 0 Å². The Kier molecular flexibility index (Phi) is 5.51. The van der Waals surface area contributed by atoms with E-state index >= 15 is 0 Å². The number of hydrogen-bond acceptors (Lipinski definition) is 3. The van der Waals surface area contributed by atoms with E-state index in [-0.39, 0.29) is 0 Å². The molecule has 0 aliphatic rings. The van der Waals surface area contributed by atoms with Crippen molar-refractivity contribution in [3.63, 3.8) is 0 Å². The molecule has 0 aliphatic heterocycles. The normalized spacial score (nSPS) is 10.9. The molecule has 0 spiro atoms. The lowest BCUT2D eigenvalue weighted by molar-refractivity contribution is 0.317. The van der Waals surface area contributed by atoms with Crippen LogP contribution in [0.5, 0.6) is 5.75 Å². The zero-order valence-electron chi connectivity index (χ0n) is 12.8. The molecule has 2 aromatic rings. The van der Waals surface area contributed by atoms with Crippen LogP contribution in [0.3, 0.4) is 0 Å². The van der Waals surface area contributed by atoms with Crippen LogP contribution in [0.2, 0.25) is 5.02 Å². The van der Waals surface area contributed by atoms with Crippen molar-refractivity contribution in [2.24, 2.45) is 0 Å². The Bertz CT molecular complexity index is 581. The number of nitrogens with zero attached hydrogens (tertiary/aromatic N) is 2. The van der Waals surface area contributed by atoms with Crippen LogP contribution < -0.4 is 10.1 Å². The summed E-state index contributed by atoms with van der Waals surface area (Å²) in [5.74, 6) is 0.733. The van der Waals surface area contributed by atoms with E-state index in [0.29, 0.717) is 24.2 Å². The van der Waals surface area contributed by atoms with Gasteiger partial charge in [0.2, 0.25) is 0 Å². The van der Waals surface area contributed by atoms with Gasteiger partial charge in [0, 0.05) is 17.9 Å². The number of anilines is 1. The van der Waals surface area contributed by atoms with E-state index in [1.54, 1.807) is 0 Å². The van der Waals surface area contributed by atoms with Gasteiger partial charge in [-0.1, -0.05) is 18.5 Å². The van der Waals surface area contributed by atoms with E-state index in [9.17, 15) is 0 Å². The summed E-state index contributed by atoms with van der Waals surface area (Å²) in [6, 6.07) is 6.17. The molecule has 21 heavy (non-hydrogen) atoms. The summed E-state index contributed by atoms with van der Waals surface area (Å²) in [6.45, 7) is 7.75. The van der Waals surface area contributed by atoms with Crippen LogP contribution >= 0.6 is 11.6 Å². The van der Waals surface area contributed by atoms with Gasteiger partial charge in [-0.2, -0.15) is 0 Å². The van der Waals surface area contributed by atoms with Crippen molar-refractivity contribution in [1.29, 1.82) is 0 Å². The lowest BCUT2D eigenvalue weighted by atomic mass is 10.3. The number of hydrogen-bond donors (Lipinski definition) is 1. The molecule has 4 nitrogen and oxygen atoms in total. The zero-order chi connectivity index (χ0) is 15.2. The molecule has 2 rings (SSSR count). The third-order valence-electron chi connectivity index (χ3n) is 3.17. The second kappa shape index (κ2) is 7.36. The highest BCUT2D eigenvalue weighted by Crippen LogP contribution is 2.28. The predicted molar refractivity (Wildman–Crippen MR) is 87.2 cm³/mol. The molecule has 0 fully saturated rings. The van der Waals surface area contributed by atoms with Crippen molar-refractivity contribution >= 4 is 17.3 Å². The first-order valence-electron chi connectivity index (χ1n) is 7.28. The molecule has 1 aromatic heterocycles. The topological polar surface area (TPSA) is 39.1 Å². The first-order chi connectivity index (χ1) is 10.1. The highest BCUT2D eigenvalue weighted by molar-refractivity contribution is 6.32. The number of halogens is 1. The van der Waals surface area contributed by atoms with Crippen LogP contribution in [-0.4, -0.2) is 16.2 Å². The van der Waals surface area contributed by atoms with Crippen LogP contribution in [0, 0.1) is 0 Å². The molecule has 0 saturated carbocycles. The molecule has 0 bridgehead atoms. The van der Waals surface area contributed by atoms with E-state index in [4.69, 9.17) is 16.3 Å². The van der Waals surface area contributed by atoms with Gasteiger partial charge in [-0.25, -0.2) is 4.98 Å². The van der Waals surface area contributed by atoms with Gasteiger partial charge in [0.05, 0.1) is 30.2 Å². The standard InChI is InChI=1S/C16H22ClN3O/c1-4-7-21-16-6-5-13(8-15(16)17)19-10-14-9-18-11-20(14)12(2)3/h5-6,8-9,11-12,19H,4,7,10H2,1-3H3. The first kappa shape index (κ1) is 15.7. The minimum Gasteiger partial charge on any atom is -0.492 e. The van der Waals surface area contributed by atoms with Crippen LogP contribution in [0.15, 0.2) is 30.7 Å². The summed E-state index contributed by atoms with van der Waals surface area (Å²) in [6.07, 6.45) is 4.71. The molecule has 0 aliphatic carbocycles. The van der Waals surface area contributed by atoms with E-state index in [1.807, 2.05) is 30.7 Å². The number of rotatable bonds is 7. The monoisotopic (exact) mass is 307 g/mol. The predicted octanol–water partition coefficient (Wildman–Crippen LogP) is 4.52. The summed E-state index contributed by atoms with van der Waals surface area (Å²) in [5.41, 5.74) is 2.12. The fourth-order valence-corrected chi connectivity index (χ4v) is 2.30. The SMILES string of the molecule is CCCOc1ccc(NCc2cncn2C(C)C)cc1Cl. The van der Waals surface area contributed by atoms with E-state index in [0.717, 1.165) is 23.6 Å². The Hall–Kier alpha value is -1.68. The number of imidazole rings is 1. The van der Waals surface area contributed by atoms with Crippen molar-refractivity contribution < 1.29 is 4.74 Å². The van der Waals surface area contributed by atoms with Crippen molar-refractivity contribution in [2.45, 2.75) is 39.8 Å². The summed E-state index contributed by atoms with van der Waals surface area (Å²) in [5, 5.41) is 4.00. The first-order valence-corrected chi connectivity index (χ1v) is 7.66. The second-order valence-corrected chi connectivity index (χ2v) is 5.64. The smallest absolute Gasteiger partial charge is 0.138 e. The average Bonchev–Trinajstić information content (AvgIpc) is 2.93. The maximum Gasteiger partial charge on any atom is 0.138 e. The summed E-state index contributed by atoms with van der Waals surface area (Å²) < 4.78 is 7.71. The van der Waals surface area contributed by atoms with Gasteiger partial charge in [-0.15, -0.1) is 0 Å². The average molecular weight is 308 g/mol. The highest BCUT2D eigenvalue weighted by atomic mass is 35.5. The molecule has 0 unspecified atom stereocenters. The molecule has 1 aromatic carbocycles. The molecule has 1 N–H and O–H groups in total. The molecule has 1 heterocycles. The van der Waals surface area contributed by atoms with Crippen molar-refractivity contribution in [3.8, 4) is 5.75 Å². The fraction of sp³-hybridized carbons (Fsp3) is 0.438. The molecular formula is C16H22ClN3O. The lowest BCUT2D eigenvalue weighted by Crippen LogP contribution is -2.08. The highest BCUT2D eigenvalue weighted by Gasteiger charge is 2.06. The largest absolute Gasteiger partial charge is 0.492 e. The molecule has 0 atom stereocenters. The molecule has 0 amide bonds. The van der Waals surface area contributed by atoms with Crippen LogP contribution in [0.4, 0.5) is 5.69 Å². The molecule has 0 radical (unpaired) electrons. The Morgan fingerprint density at radius 1 is 1.38 bits per heavy atom. The summed E-state index contributed by atoms with van der Waals surface area (Å²) in [4.78, 5) is 4.20. The van der Waals surface area contributed by atoms with Gasteiger partial charge < -0.3 is 14.6 Å². The van der Waals surface area contributed by atoms with Crippen LogP contribution in [0.25, 0.3) is 0 Å². The van der Waals surface area contributed by atoms with Crippen LogP contribution in [0.1, 0.15) is 38.9 Å². The molecule has 5 heteroatoms. The Balaban J connectivity index is 2.00. The van der Waals surface area contributed by atoms with Gasteiger partial charge in [-0.3, -0.25) is 0 Å². The van der Waals surface area contributed by atoms with Gasteiger partial charge in [-0.05, 0) is 38.5 Å². The Labute approximate surface area is 131 Å². The van der Waals surface area contributed by atoms with Crippen molar-refractivity contribution in [2.75, 3.05) is 11.9 Å². The summed E-state index contributed by atoms with van der Waals surface area (Å²) >= 11 is 6.22. The third-order valence-corrected chi connectivity index (χ3v) is 3.47. The van der Waals surface area contributed by atoms with Gasteiger partial charge in [0.25, 0.3) is 0 Å². The lowest BCUT2D eigenvalue weighted by Gasteiger charge is -2.14. The fourth-order valence-electron chi connectivity index (χ4n) is 2.07. The van der Waals surface area contributed by atoms with Crippen molar-refractivity contribution in [3.05, 3.63) is 41.4 Å². The van der Waals surface area contributed by atoms with Gasteiger partial charge in [0.15, 0.2) is 0 Å². The quantitative estimate of drug-likeness (QED) is 0.817. The maximum atomic E-state index is 6.22. The van der Waals surface area contributed by atoms with Gasteiger partial charge >= 0.3 is 0 Å². The maximum absolute atomic E-state index is 6.22. The third kappa shape index (κ3) is 4.14. The number of aromatic nitrogens is 2. The minimum atomic E-state index is 0.401. The number of ether oxygens (including phenoxy) is 1. The van der Waals surface area contributed by atoms with Crippen LogP contribution in [-0.2, 0) is 6.54 Å². The molecule has 0 saturated heterocycles. The van der Waals surface area contributed by atoms with E-state index in [1.165, 1.54) is 0 Å². The molecular weight excluding hydrogens is 286 g/mol. The van der Waals surface area contributed by atoms with Gasteiger partial charge in [0.1, 0.15) is 5.75 Å². The number of nitrogens with one attached hydrogen (secondary N) is 1. The summed E-state index contributed by atoms with van der Waals surface area (Å²) in [7, 11) is 0. The minimum absolute atomic E-state index is 0.401. The second-order valence-electron chi connectivity index (χ2n) is 5.23. The Morgan fingerprint density at radius 3 is 2.86 bits per heavy atom. The number of benzene rings is 1.